The Morgan fingerprint density at radius 2 is 1.83 bits per heavy atom. The molecule has 2 aromatic carbocycles. The molecule has 0 spiro atoms. The van der Waals surface area contributed by atoms with Gasteiger partial charge in [0.2, 0.25) is 0 Å². The summed E-state index contributed by atoms with van der Waals surface area (Å²) in [5, 5.41) is 3.31. The molecule has 0 bridgehead atoms. The van der Waals surface area contributed by atoms with Crippen LogP contribution in [0.2, 0.25) is 0 Å². The van der Waals surface area contributed by atoms with Crippen molar-refractivity contribution in [2.24, 2.45) is 0 Å². The van der Waals surface area contributed by atoms with Gasteiger partial charge in [-0.2, -0.15) is 0 Å². The minimum atomic E-state index is -0.211. The van der Waals surface area contributed by atoms with Crippen molar-refractivity contribution in [3.05, 3.63) is 69.4 Å². The third-order valence-electron chi connectivity index (χ3n) is 2.66. The van der Waals surface area contributed by atoms with Crippen molar-refractivity contribution >= 4 is 15.9 Å². The van der Waals surface area contributed by atoms with Crippen LogP contribution in [0.1, 0.15) is 16.7 Å². The van der Waals surface area contributed by atoms with Crippen LogP contribution in [0.3, 0.4) is 0 Å². The Balaban J connectivity index is 1.92. The van der Waals surface area contributed by atoms with Crippen LogP contribution in [0, 0.1) is 12.7 Å². The summed E-state index contributed by atoms with van der Waals surface area (Å²) in [6.07, 6.45) is 0. The Hall–Kier alpha value is -1.19. The second-order valence-corrected chi connectivity index (χ2v) is 5.29. The van der Waals surface area contributed by atoms with Crippen molar-refractivity contribution in [2.45, 2.75) is 20.0 Å². The molecule has 1 N–H and O–H groups in total. The van der Waals surface area contributed by atoms with Crippen molar-refractivity contribution in [3.8, 4) is 0 Å². The standard InChI is InChI=1S/C15H15BrFN/c1-11-3-2-4-12(5-11)9-18-10-13-6-14(16)8-15(17)7-13/h2-8,18H,9-10H2,1H3. The molecule has 0 fully saturated rings. The van der Waals surface area contributed by atoms with Crippen molar-refractivity contribution in [1.82, 2.24) is 5.32 Å². The zero-order valence-corrected chi connectivity index (χ0v) is 11.8. The van der Waals surface area contributed by atoms with E-state index >= 15 is 0 Å². The molecule has 2 rings (SSSR count). The quantitative estimate of drug-likeness (QED) is 0.893. The highest BCUT2D eigenvalue weighted by Gasteiger charge is 1.99. The number of rotatable bonds is 4. The second-order valence-electron chi connectivity index (χ2n) is 4.37. The Morgan fingerprint density at radius 3 is 2.56 bits per heavy atom. The van der Waals surface area contributed by atoms with Crippen LogP contribution < -0.4 is 5.32 Å². The fourth-order valence-corrected chi connectivity index (χ4v) is 2.40. The first kappa shape index (κ1) is 13.2. The molecule has 3 heteroatoms. The highest BCUT2D eigenvalue weighted by atomic mass is 79.9. The van der Waals surface area contributed by atoms with E-state index in [2.05, 4.69) is 46.4 Å². The summed E-state index contributed by atoms with van der Waals surface area (Å²) in [6.45, 7) is 3.52. The zero-order valence-electron chi connectivity index (χ0n) is 10.2. The fraction of sp³-hybridized carbons (Fsp3) is 0.200. The maximum atomic E-state index is 13.2. The molecule has 1 nitrogen and oxygen atoms in total. The van der Waals surface area contributed by atoms with E-state index in [0.29, 0.717) is 6.54 Å². The number of hydrogen-bond donors (Lipinski definition) is 1. The first-order valence-electron chi connectivity index (χ1n) is 5.85. The van der Waals surface area contributed by atoms with E-state index in [-0.39, 0.29) is 5.82 Å². The van der Waals surface area contributed by atoms with Crippen LogP contribution in [0.25, 0.3) is 0 Å². The lowest BCUT2D eigenvalue weighted by Crippen LogP contribution is -2.12. The van der Waals surface area contributed by atoms with Gasteiger partial charge in [0.05, 0.1) is 0 Å². The average molecular weight is 308 g/mol. The molecule has 0 amide bonds. The van der Waals surface area contributed by atoms with Gasteiger partial charge in [-0.15, -0.1) is 0 Å². The SMILES string of the molecule is Cc1cccc(CNCc2cc(F)cc(Br)c2)c1. The minimum absolute atomic E-state index is 0.211. The Bertz CT molecular complexity index is 520. The number of halogens is 2. The molecular weight excluding hydrogens is 293 g/mol. The van der Waals surface area contributed by atoms with E-state index in [1.807, 2.05) is 12.1 Å². The van der Waals surface area contributed by atoms with Crippen molar-refractivity contribution in [1.29, 1.82) is 0 Å². The molecule has 0 saturated heterocycles. The van der Waals surface area contributed by atoms with Gasteiger partial charge in [-0.3, -0.25) is 0 Å². The van der Waals surface area contributed by atoms with Crippen LogP contribution in [0.4, 0.5) is 4.39 Å². The van der Waals surface area contributed by atoms with E-state index < -0.39 is 0 Å². The lowest BCUT2D eigenvalue weighted by Gasteiger charge is -2.06. The van der Waals surface area contributed by atoms with Gasteiger partial charge in [0, 0.05) is 17.6 Å². The molecule has 0 aliphatic carbocycles. The maximum absolute atomic E-state index is 13.2. The van der Waals surface area contributed by atoms with Crippen LogP contribution >= 0.6 is 15.9 Å². The summed E-state index contributed by atoms with van der Waals surface area (Å²) in [7, 11) is 0. The Labute approximate surface area is 115 Å². The van der Waals surface area contributed by atoms with Crippen LogP contribution in [-0.2, 0) is 13.1 Å². The molecule has 0 saturated carbocycles. The first-order valence-corrected chi connectivity index (χ1v) is 6.64. The molecule has 0 heterocycles. The molecule has 2 aromatic rings. The summed E-state index contributed by atoms with van der Waals surface area (Å²) >= 11 is 3.29. The fourth-order valence-electron chi connectivity index (χ4n) is 1.89. The van der Waals surface area contributed by atoms with Crippen molar-refractivity contribution in [2.75, 3.05) is 0 Å². The monoisotopic (exact) mass is 307 g/mol. The van der Waals surface area contributed by atoms with Gasteiger partial charge in [-0.05, 0) is 36.2 Å². The maximum Gasteiger partial charge on any atom is 0.124 e. The summed E-state index contributed by atoms with van der Waals surface area (Å²) in [4.78, 5) is 0. The van der Waals surface area contributed by atoms with Gasteiger partial charge >= 0.3 is 0 Å². The van der Waals surface area contributed by atoms with Crippen molar-refractivity contribution in [3.63, 3.8) is 0 Å². The average Bonchev–Trinajstić information content (AvgIpc) is 2.27. The number of hydrogen-bond acceptors (Lipinski definition) is 1. The zero-order chi connectivity index (χ0) is 13.0. The van der Waals surface area contributed by atoms with Gasteiger partial charge in [0.25, 0.3) is 0 Å². The molecule has 18 heavy (non-hydrogen) atoms. The molecule has 0 unspecified atom stereocenters. The van der Waals surface area contributed by atoms with Gasteiger partial charge in [0.1, 0.15) is 5.82 Å². The third kappa shape index (κ3) is 3.93. The molecule has 0 aromatic heterocycles. The van der Waals surface area contributed by atoms with E-state index in [4.69, 9.17) is 0 Å². The molecule has 0 aliphatic heterocycles. The highest BCUT2D eigenvalue weighted by Crippen LogP contribution is 2.14. The van der Waals surface area contributed by atoms with Gasteiger partial charge in [0.15, 0.2) is 0 Å². The lowest BCUT2D eigenvalue weighted by molar-refractivity contribution is 0.619. The predicted molar refractivity (Wildman–Crippen MR) is 75.8 cm³/mol. The second kappa shape index (κ2) is 6.12. The van der Waals surface area contributed by atoms with E-state index in [1.54, 1.807) is 6.07 Å². The van der Waals surface area contributed by atoms with E-state index in [1.165, 1.54) is 17.2 Å². The first-order chi connectivity index (χ1) is 8.63. The van der Waals surface area contributed by atoms with Gasteiger partial charge in [-0.25, -0.2) is 4.39 Å². The molecule has 0 aliphatic rings. The molecule has 0 atom stereocenters. The Morgan fingerprint density at radius 1 is 1.06 bits per heavy atom. The van der Waals surface area contributed by atoms with Gasteiger partial charge in [-0.1, -0.05) is 45.8 Å². The lowest BCUT2D eigenvalue weighted by atomic mass is 10.1. The predicted octanol–water partition coefficient (Wildman–Crippen LogP) is 4.19. The van der Waals surface area contributed by atoms with Crippen LogP contribution in [-0.4, -0.2) is 0 Å². The van der Waals surface area contributed by atoms with E-state index in [9.17, 15) is 4.39 Å². The number of benzene rings is 2. The van der Waals surface area contributed by atoms with Crippen LogP contribution in [0.15, 0.2) is 46.9 Å². The summed E-state index contributed by atoms with van der Waals surface area (Å²) in [5.74, 6) is -0.211. The smallest absolute Gasteiger partial charge is 0.124 e. The topological polar surface area (TPSA) is 12.0 Å². The largest absolute Gasteiger partial charge is 0.309 e. The summed E-state index contributed by atoms with van der Waals surface area (Å²) < 4.78 is 13.9. The summed E-state index contributed by atoms with van der Waals surface area (Å²) in [5.41, 5.74) is 3.43. The number of nitrogens with one attached hydrogen (secondary N) is 1. The summed E-state index contributed by atoms with van der Waals surface area (Å²) in [6, 6.07) is 13.3. The third-order valence-corrected chi connectivity index (χ3v) is 3.12. The molecular formula is C15H15BrFN. The van der Waals surface area contributed by atoms with Gasteiger partial charge < -0.3 is 5.32 Å². The Kier molecular flexibility index (Phi) is 4.50. The molecule has 0 radical (unpaired) electrons. The highest BCUT2D eigenvalue weighted by molar-refractivity contribution is 9.10. The van der Waals surface area contributed by atoms with Crippen molar-refractivity contribution < 1.29 is 4.39 Å². The normalized spacial score (nSPS) is 10.6. The molecule has 94 valence electrons. The minimum Gasteiger partial charge on any atom is -0.309 e. The van der Waals surface area contributed by atoms with E-state index in [0.717, 1.165) is 16.6 Å². The number of aryl methyl sites for hydroxylation is 1. The van der Waals surface area contributed by atoms with Crippen LogP contribution in [0.5, 0.6) is 0 Å².